The highest BCUT2D eigenvalue weighted by molar-refractivity contribution is 5.88. The molecule has 45 heavy (non-hydrogen) atoms. The summed E-state index contributed by atoms with van der Waals surface area (Å²) in [5.41, 5.74) is -2.15. The second-order valence-corrected chi connectivity index (χ2v) is 9.53. The third-order valence-electron chi connectivity index (χ3n) is 6.13. The van der Waals surface area contributed by atoms with Gasteiger partial charge in [0.1, 0.15) is 11.6 Å². The number of nitrogens with zero attached hydrogens (tertiary/aromatic N) is 2. The predicted molar refractivity (Wildman–Crippen MR) is 141 cm³/mol. The van der Waals surface area contributed by atoms with Gasteiger partial charge in [-0.05, 0) is 30.3 Å². The Hall–Kier alpha value is -5.26. The van der Waals surface area contributed by atoms with Crippen molar-refractivity contribution < 1.29 is 65.7 Å². The van der Waals surface area contributed by atoms with E-state index in [1.165, 1.54) is 24.3 Å². The molecule has 1 aromatic heterocycles. The van der Waals surface area contributed by atoms with Crippen LogP contribution >= 0.6 is 0 Å². The summed E-state index contributed by atoms with van der Waals surface area (Å²) in [5.74, 6) is -3.15. The van der Waals surface area contributed by atoms with Crippen LogP contribution in [0.5, 0.6) is 5.75 Å². The highest BCUT2D eigenvalue weighted by Gasteiger charge is 2.48. The number of halogens is 3. The average molecular weight is 639 g/mol. The number of hydrogen-bond donors (Lipinski definition) is 1. The zero-order chi connectivity index (χ0) is 33.1. The quantitative estimate of drug-likeness (QED) is 0.155. The molecule has 0 unspecified atom stereocenters. The van der Waals surface area contributed by atoms with Gasteiger partial charge in [-0.1, -0.05) is 0 Å². The standard InChI is InChI=1S/C27H24F3N3O12/c1-12(34)42-20-10-41-26(24(44-14(3)36)23(20)43-13(2)35)45-21(37)11-40-17-6-4-15(5-7-17)25-31-18-8-16(27(28,29)30)9-19(33(38)39)22(18)32-25/h4-9,20,23-24,26H,10-11H2,1-3H3,(H,31,32)/t20-,23+,24-,26+/m1/s1. The number of ether oxygens (including phenoxy) is 6. The topological polar surface area (TPSA) is 195 Å². The fraction of sp³-hybridized carbons (Fsp3) is 0.370. The minimum Gasteiger partial charge on any atom is -0.482 e. The maximum absolute atomic E-state index is 13.2. The first kappa shape index (κ1) is 32.6. The molecule has 1 saturated heterocycles. The van der Waals surface area contributed by atoms with E-state index in [2.05, 4.69) is 9.97 Å². The molecular formula is C27H24F3N3O12. The van der Waals surface area contributed by atoms with Crippen LogP contribution in [-0.4, -0.2) is 76.6 Å². The van der Waals surface area contributed by atoms with Crippen molar-refractivity contribution in [2.24, 2.45) is 0 Å². The maximum atomic E-state index is 13.2. The number of imidazole rings is 1. The van der Waals surface area contributed by atoms with Crippen molar-refractivity contribution in [2.45, 2.75) is 51.5 Å². The summed E-state index contributed by atoms with van der Waals surface area (Å²) in [6.07, 6.45) is -10.4. The molecule has 3 aromatic rings. The van der Waals surface area contributed by atoms with Crippen LogP contribution in [0.4, 0.5) is 18.9 Å². The first-order chi connectivity index (χ1) is 21.1. The molecule has 240 valence electrons. The van der Waals surface area contributed by atoms with Gasteiger partial charge < -0.3 is 33.4 Å². The highest BCUT2D eigenvalue weighted by atomic mass is 19.4. The number of nitro groups is 1. The Morgan fingerprint density at radius 2 is 1.60 bits per heavy atom. The lowest BCUT2D eigenvalue weighted by Gasteiger charge is -2.39. The number of carbonyl (C=O) groups excluding carboxylic acids is 4. The molecule has 0 saturated carbocycles. The summed E-state index contributed by atoms with van der Waals surface area (Å²) in [4.78, 5) is 64.6. The minimum atomic E-state index is -4.81. The van der Waals surface area contributed by atoms with Crippen molar-refractivity contribution in [3.63, 3.8) is 0 Å². The van der Waals surface area contributed by atoms with Crippen molar-refractivity contribution in [3.8, 4) is 17.1 Å². The number of carbonyl (C=O) groups is 4. The molecule has 18 heteroatoms. The summed E-state index contributed by atoms with van der Waals surface area (Å²) in [7, 11) is 0. The lowest BCUT2D eigenvalue weighted by Crippen LogP contribution is -2.58. The number of benzene rings is 2. The first-order valence-corrected chi connectivity index (χ1v) is 12.9. The Bertz CT molecular complexity index is 1620. The van der Waals surface area contributed by atoms with Crippen LogP contribution in [0.2, 0.25) is 0 Å². The van der Waals surface area contributed by atoms with E-state index in [1.54, 1.807) is 0 Å². The number of non-ortho nitro benzene ring substituents is 1. The van der Waals surface area contributed by atoms with Gasteiger partial charge in [0, 0.05) is 32.4 Å². The van der Waals surface area contributed by atoms with Crippen molar-refractivity contribution in [2.75, 3.05) is 13.2 Å². The van der Waals surface area contributed by atoms with Crippen LogP contribution in [0.1, 0.15) is 26.3 Å². The van der Waals surface area contributed by atoms with Crippen molar-refractivity contribution >= 4 is 40.6 Å². The van der Waals surface area contributed by atoms with E-state index in [9.17, 15) is 42.5 Å². The van der Waals surface area contributed by atoms with Gasteiger partial charge in [0.25, 0.3) is 5.69 Å². The van der Waals surface area contributed by atoms with Crippen LogP contribution in [-0.2, 0) is 49.0 Å². The lowest BCUT2D eigenvalue weighted by atomic mass is 10.0. The number of hydrogen-bond acceptors (Lipinski definition) is 13. The zero-order valence-electron chi connectivity index (χ0n) is 23.6. The van der Waals surface area contributed by atoms with Crippen LogP contribution in [0.15, 0.2) is 36.4 Å². The highest BCUT2D eigenvalue weighted by Crippen LogP contribution is 2.36. The van der Waals surface area contributed by atoms with Crippen LogP contribution in [0.25, 0.3) is 22.4 Å². The van der Waals surface area contributed by atoms with E-state index in [1.807, 2.05) is 0 Å². The van der Waals surface area contributed by atoms with E-state index in [0.717, 1.165) is 26.8 Å². The number of aromatic nitrogens is 2. The number of alkyl halides is 3. The van der Waals surface area contributed by atoms with Gasteiger partial charge in [0.15, 0.2) is 24.3 Å². The molecular weight excluding hydrogens is 615 g/mol. The summed E-state index contributed by atoms with van der Waals surface area (Å²) < 4.78 is 71.1. The fourth-order valence-corrected chi connectivity index (χ4v) is 4.36. The number of aromatic amines is 1. The number of nitrogens with one attached hydrogen (secondary N) is 1. The third-order valence-corrected chi connectivity index (χ3v) is 6.13. The van der Waals surface area contributed by atoms with Crippen molar-refractivity contribution in [1.29, 1.82) is 0 Å². The maximum Gasteiger partial charge on any atom is 0.416 e. The molecule has 1 fully saturated rings. The third kappa shape index (κ3) is 8.02. The largest absolute Gasteiger partial charge is 0.482 e. The van der Waals surface area contributed by atoms with Gasteiger partial charge in [-0.3, -0.25) is 24.5 Å². The van der Waals surface area contributed by atoms with Gasteiger partial charge >= 0.3 is 30.1 Å². The monoisotopic (exact) mass is 639 g/mol. The van der Waals surface area contributed by atoms with E-state index < -0.39 is 77.4 Å². The Morgan fingerprint density at radius 3 is 2.18 bits per heavy atom. The van der Waals surface area contributed by atoms with Gasteiger partial charge in [-0.2, -0.15) is 13.2 Å². The van der Waals surface area contributed by atoms with Crippen LogP contribution < -0.4 is 4.74 Å². The molecule has 2 heterocycles. The van der Waals surface area contributed by atoms with Crippen LogP contribution in [0, 0.1) is 10.1 Å². The Labute approximate surface area is 250 Å². The Morgan fingerprint density at radius 1 is 0.978 bits per heavy atom. The van der Waals surface area contributed by atoms with Gasteiger partial charge in [-0.25, -0.2) is 9.78 Å². The predicted octanol–water partition coefficient (Wildman–Crippen LogP) is 3.23. The van der Waals surface area contributed by atoms with E-state index in [0.29, 0.717) is 11.6 Å². The molecule has 4 atom stereocenters. The van der Waals surface area contributed by atoms with Crippen molar-refractivity contribution in [1.82, 2.24) is 9.97 Å². The number of rotatable bonds is 9. The summed E-state index contributed by atoms with van der Waals surface area (Å²) in [6.45, 7) is 2.20. The molecule has 15 nitrogen and oxygen atoms in total. The SMILES string of the molecule is CC(=O)O[C@@H]1[C@@H](OC(C)=O)[C@H](OC(=O)COc2ccc(-c3nc4c([N+](=O)[O-])cc(C(F)(F)F)cc4[nH]3)cc2)OC[C@H]1OC(C)=O. The molecule has 0 aliphatic carbocycles. The average Bonchev–Trinajstić information content (AvgIpc) is 3.38. The number of H-pyrrole nitrogens is 1. The molecule has 2 aromatic carbocycles. The van der Waals surface area contributed by atoms with Gasteiger partial charge in [0.05, 0.1) is 22.6 Å². The van der Waals surface area contributed by atoms with Gasteiger partial charge in [-0.15, -0.1) is 0 Å². The van der Waals surface area contributed by atoms with E-state index in [-0.39, 0.29) is 29.2 Å². The minimum absolute atomic E-state index is 0.0405. The molecule has 1 N–H and O–H groups in total. The van der Waals surface area contributed by atoms with Crippen molar-refractivity contribution in [3.05, 3.63) is 52.1 Å². The summed E-state index contributed by atoms with van der Waals surface area (Å²) in [5, 5.41) is 11.4. The lowest BCUT2D eigenvalue weighted by molar-refractivity contribution is -0.383. The van der Waals surface area contributed by atoms with E-state index in [4.69, 9.17) is 28.4 Å². The molecule has 0 spiro atoms. The normalized spacial score (nSPS) is 19.8. The summed E-state index contributed by atoms with van der Waals surface area (Å²) >= 11 is 0. The first-order valence-electron chi connectivity index (χ1n) is 12.9. The van der Waals surface area contributed by atoms with E-state index >= 15 is 0 Å². The number of fused-ring (bicyclic) bond motifs is 1. The molecule has 0 radical (unpaired) electrons. The van der Waals surface area contributed by atoms with Crippen LogP contribution in [0.3, 0.4) is 0 Å². The molecule has 1 aliphatic rings. The Balaban J connectivity index is 1.44. The summed E-state index contributed by atoms with van der Waals surface area (Å²) in [6, 6.07) is 6.79. The molecule has 0 amide bonds. The number of nitro benzene ring substituents is 1. The smallest absolute Gasteiger partial charge is 0.416 e. The fourth-order valence-electron chi connectivity index (χ4n) is 4.36. The molecule has 0 bridgehead atoms. The van der Waals surface area contributed by atoms with Gasteiger partial charge in [0.2, 0.25) is 12.4 Å². The Kier molecular flexibility index (Phi) is 9.55. The number of esters is 4. The molecule has 1 aliphatic heterocycles. The molecule has 4 rings (SSSR count). The zero-order valence-corrected chi connectivity index (χ0v) is 23.6. The second kappa shape index (κ2) is 13.2. The second-order valence-electron chi connectivity index (χ2n) is 9.53.